The third-order valence-corrected chi connectivity index (χ3v) is 5.56. The molecule has 0 saturated carbocycles. The smallest absolute Gasteiger partial charge is 0.120 e. The zero-order valence-corrected chi connectivity index (χ0v) is 17.1. The largest absolute Gasteiger partial charge is 0.508 e. The van der Waals surface area contributed by atoms with Gasteiger partial charge in [0.15, 0.2) is 0 Å². The minimum absolute atomic E-state index is 0.0106. The van der Waals surface area contributed by atoms with E-state index < -0.39 is 0 Å². The van der Waals surface area contributed by atoms with Crippen molar-refractivity contribution in [2.75, 3.05) is 0 Å². The number of hydrogen-bond acceptors (Lipinski definition) is 2. The number of fused-ring (bicyclic) bond motifs is 1. The van der Waals surface area contributed by atoms with Crippen LogP contribution in [0, 0.1) is 0 Å². The zero-order valence-electron chi connectivity index (χ0n) is 17.1. The topological polar surface area (TPSA) is 32.3 Å². The molecule has 26 heavy (non-hydrogen) atoms. The Morgan fingerprint density at radius 2 is 1.69 bits per heavy atom. The van der Waals surface area contributed by atoms with Crippen molar-refractivity contribution < 1.29 is 5.11 Å². The van der Waals surface area contributed by atoms with Crippen LogP contribution in [-0.2, 0) is 23.8 Å². The molecule has 2 aromatic carbocycles. The molecule has 0 heterocycles. The van der Waals surface area contributed by atoms with Gasteiger partial charge in [-0.1, -0.05) is 71.9 Å². The van der Waals surface area contributed by atoms with Crippen molar-refractivity contribution in [1.29, 1.82) is 0 Å². The van der Waals surface area contributed by atoms with Gasteiger partial charge in [-0.25, -0.2) is 0 Å². The number of aromatic hydroxyl groups is 1. The van der Waals surface area contributed by atoms with E-state index in [0.717, 1.165) is 18.4 Å². The molecule has 0 unspecified atom stereocenters. The van der Waals surface area contributed by atoms with Gasteiger partial charge in [-0.05, 0) is 52.0 Å². The van der Waals surface area contributed by atoms with Gasteiger partial charge in [0.1, 0.15) is 5.75 Å². The number of rotatable bonds is 3. The Kier molecular flexibility index (Phi) is 4.92. The molecule has 0 aromatic heterocycles. The summed E-state index contributed by atoms with van der Waals surface area (Å²) in [6.45, 7) is 14.0. The van der Waals surface area contributed by atoms with Gasteiger partial charge in [0, 0.05) is 18.2 Å². The Hall–Kier alpha value is -1.80. The number of phenols is 1. The second kappa shape index (κ2) is 6.74. The molecule has 1 aliphatic carbocycles. The minimum atomic E-state index is -0.0106. The van der Waals surface area contributed by atoms with E-state index >= 15 is 0 Å². The van der Waals surface area contributed by atoms with Crippen molar-refractivity contribution in [2.45, 2.75) is 77.8 Å². The lowest BCUT2D eigenvalue weighted by molar-refractivity contribution is 0.444. The summed E-state index contributed by atoms with van der Waals surface area (Å²) in [6.07, 6.45) is 2.26. The van der Waals surface area contributed by atoms with Crippen molar-refractivity contribution in [1.82, 2.24) is 5.32 Å². The lowest BCUT2D eigenvalue weighted by Gasteiger charge is -2.29. The van der Waals surface area contributed by atoms with Crippen LogP contribution < -0.4 is 5.32 Å². The van der Waals surface area contributed by atoms with Crippen molar-refractivity contribution in [2.24, 2.45) is 0 Å². The number of aryl methyl sites for hydroxylation is 1. The molecule has 0 saturated heterocycles. The summed E-state index contributed by atoms with van der Waals surface area (Å²) < 4.78 is 0. The van der Waals surface area contributed by atoms with E-state index in [4.69, 9.17) is 0 Å². The summed E-state index contributed by atoms with van der Waals surface area (Å²) in [4.78, 5) is 0. The van der Waals surface area contributed by atoms with Gasteiger partial charge in [0.2, 0.25) is 0 Å². The van der Waals surface area contributed by atoms with Crippen LogP contribution in [0.2, 0.25) is 0 Å². The van der Waals surface area contributed by atoms with Gasteiger partial charge in [0.05, 0.1) is 0 Å². The summed E-state index contributed by atoms with van der Waals surface area (Å²) in [7, 11) is 0. The molecule has 2 nitrogen and oxygen atoms in total. The van der Waals surface area contributed by atoms with Crippen LogP contribution in [-0.4, -0.2) is 5.11 Å². The van der Waals surface area contributed by atoms with Gasteiger partial charge in [-0.15, -0.1) is 0 Å². The van der Waals surface area contributed by atoms with Gasteiger partial charge in [-0.2, -0.15) is 0 Å². The molecule has 0 amide bonds. The quantitative estimate of drug-likeness (QED) is 0.736. The highest BCUT2D eigenvalue weighted by Crippen LogP contribution is 2.37. The van der Waals surface area contributed by atoms with Gasteiger partial charge in [-0.3, -0.25) is 0 Å². The number of hydrogen-bond donors (Lipinski definition) is 2. The number of phenolic OH excluding ortho intramolecular Hbond substituents is 1. The molecule has 0 fully saturated rings. The Morgan fingerprint density at radius 1 is 1.00 bits per heavy atom. The van der Waals surface area contributed by atoms with E-state index in [2.05, 4.69) is 77.2 Å². The highest BCUT2D eigenvalue weighted by Gasteiger charge is 2.26. The fraction of sp³-hybridized carbons (Fsp3) is 0.500. The first-order valence-corrected chi connectivity index (χ1v) is 9.75. The zero-order chi connectivity index (χ0) is 19.1. The van der Waals surface area contributed by atoms with Crippen molar-refractivity contribution in [3.05, 3.63) is 64.2 Å². The first-order chi connectivity index (χ1) is 12.1. The number of benzene rings is 2. The van der Waals surface area contributed by atoms with Gasteiger partial charge < -0.3 is 10.4 Å². The second-order valence-electron chi connectivity index (χ2n) is 9.69. The predicted molar refractivity (Wildman–Crippen MR) is 110 cm³/mol. The van der Waals surface area contributed by atoms with Crippen molar-refractivity contribution in [3.8, 4) is 5.75 Å². The van der Waals surface area contributed by atoms with Crippen LogP contribution in [0.4, 0.5) is 0 Å². The fourth-order valence-corrected chi connectivity index (χ4v) is 3.94. The van der Waals surface area contributed by atoms with Crippen LogP contribution in [0.5, 0.6) is 5.75 Å². The lowest BCUT2D eigenvalue weighted by Crippen LogP contribution is -2.24. The number of nitrogens with one attached hydrogen (secondary N) is 1. The van der Waals surface area contributed by atoms with Crippen LogP contribution in [0.25, 0.3) is 0 Å². The van der Waals surface area contributed by atoms with Crippen LogP contribution in [0.15, 0.2) is 36.4 Å². The molecule has 0 radical (unpaired) electrons. The Balaban J connectivity index is 1.90. The molecule has 0 aliphatic heterocycles. The average molecular weight is 352 g/mol. The minimum Gasteiger partial charge on any atom is -0.508 e. The Labute approximate surface area is 158 Å². The highest BCUT2D eigenvalue weighted by molar-refractivity contribution is 5.48. The van der Waals surface area contributed by atoms with Crippen LogP contribution >= 0.6 is 0 Å². The molecular formula is C24H33NO. The summed E-state index contributed by atoms with van der Waals surface area (Å²) >= 11 is 0. The molecule has 1 atom stereocenters. The maximum atomic E-state index is 10.8. The highest BCUT2D eigenvalue weighted by atomic mass is 16.3. The Bertz CT molecular complexity index is 793. The van der Waals surface area contributed by atoms with Gasteiger partial charge >= 0.3 is 0 Å². The molecule has 2 aromatic rings. The predicted octanol–water partition coefficient (Wildman–Crippen LogP) is 5.76. The molecular weight excluding hydrogens is 318 g/mol. The SMILES string of the molecule is CC(C)(C)c1cc(O)c(CN[C@H]2CCc3ccccc32)c(C(C)(C)C)c1. The monoisotopic (exact) mass is 351 g/mol. The fourth-order valence-electron chi connectivity index (χ4n) is 3.94. The van der Waals surface area contributed by atoms with Crippen LogP contribution in [0.3, 0.4) is 0 Å². The molecule has 3 rings (SSSR count). The summed E-state index contributed by atoms with van der Waals surface area (Å²) in [5.74, 6) is 0.418. The lowest BCUT2D eigenvalue weighted by atomic mass is 9.78. The normalized spacial score (nSPS) is 17.4. The standard InChI is InChI=1S/C24H33NO/c1-23(2,3)17-13-20(24(4,5)6)19(22(26)14-17)15-25-21-12-11-16-9-7-8-10-18(16)21/h7-10,13-14,21,25-26H,11-12,15H2,1-6H3/t21-/m0/s1. The van der Waals surface area contributed by atoms with E-state index in [-0.39, 0.29) is 10.8 Å². The first kappa shape index (κ1) is 19.0. The molecule has 2 heteroatoms. The Morgan fingerprint density at radius 3 is 2.35 bits per heavy atom. The molecule has 0 spiro atoms. The summed E-state index contributed by atoms with van der Waals surface area (Å²) in [6, 6.07) is 13.3. The third kappa shape index (κ3) is 3.81. The molecule has 0 bridgehead atoms. The summed E-state index contributed by atoms with van der Waals surface area (Å²) in [5.41, 5.74) is 6.34. The van der Waals surface area contributed by atoms with Crippen molar-refractivity contribution in [3.63, 3.8) is 0 Å². The molecule has 140 valence electrons. The van der Waals surface area contributed by atoms with E-state index in [1.165, 1.54) is 22.3 Å². The average Bonchev–Trinajstić information content (AvgIpc) is 2.94. The van der Waals surface area contributed by atoms with Crippen molar-refractivity contribution >= 4 is 0 Å². The van der Waals surface area contributed by atoms with E-state index in [1.54, 1.807) is 0 Å². The maximum Gasteiger partial charge on any atom is 0.120 e. The van der Waals surface area contributed by atoms with E-state index in [0.29, 0.717) is 18.3 Å². The molecule has 1 aliphatic rings. The van der Waals surface area contributed by atoms with Crippen LogP contribution in [0.1, 0.15) is 81.8 Å². The van der Waals surface area contributed by atoms with Gasteiger partial charge in [0.25, 0.3) is 0 Å². The third-order valence-electron chi connectivity index (χ3n) is 5.56. The molecule has 2 N–H and O–H groups in total. The van der Waals surface area contributed by atoms with E-state index in [1.807, 2.05) is 6.07 Å². The summed E-state index contributed by atoms with van der Waals surface area (Å²) in [5, 5.41) is 14.5. The van der Waals surface area contributed by atoms with E-state index in [9.17, 15) is 5.11 Å². The first-order valence-electron chi connectivity index (χ1n) is 9.75. The maximum absolute atomic E-state index is 10.8. The second-order valence-corrected chi connectivity index (χ2v) is 9.69.